The van der Waals surface area contributed by atoms with Crippen molar-refractivity contribution in [2.24, 2.45) is 5.92 Å². The first-order valence-electron chi connectivity index (χ1n) is 9.79. The summed E-state index contributed by atoms with van der Waals surface area (Å²) in [5, 5.41) is 0. The second-order valence-corrected chi connectivity index (χ2v) is 7.68. The highest BCUT2D eigenvalue weighted by atomic mass is 32.2. The molecule has 0 saturated heterocycles. The van der Waals surface area contributed by atoms with Gasteiger partial charge in [-0.25, -0.2) is 4.31 Å². The molecule has 1 aromatic rings. The summed E-state index contributed by atoms with van der Waals surface area (Å²) < 4.78 is 10.5. The third-order valence-electron chi connectivity index (χ3n) is 4.17. The number of ether oxygens (including phenoxy) is 1. The van der Waals surface area contributed by atoms with Crippen molar-refractivity contribution in [3.8, 4) is 0 Å². The molecule has 1 aromatic heterocycles. The lowest BCUT2D eigenvalue weighted by atomic mass is 10.0. The Hall–Kier alpha value is -1.72. The summed E-state index contributed by atoms with van der Waals surface area (Å²) in [5.74, 6) is 1.51. The van der Waals surface area contributed by atoms with E-state index in [2.05, 4.69) is 54.1 Å². The van der Waals surface area contributed by atoms with Crippen LogP contribution in [0.4, 0.5) is 5.69 Å². The normalized spacial score (nSPS) is 13.1. The van der Waals surface area contributed by atoms with Crippen LogP contribution >= 0.6 is 12.1 Å². The van der Waals surface area contributed by atoms with E-state index in [1.165, 1.54) is 0 Å². The van der Waals surface area contributed by atoms with Crippen LogP contribution in [0.25, 0.3) is 0 Å². The highest BCUT2D eigenvalue weighted by Gasteiger charge is 2.11. The van der Waals surface area contributed by atoms with Gasteiger partial charge in [-0.15, -0.1) is 0 Å². The SMILES string of the molecule is C=C/C=C(\C=C/CC)OCCC(C)CCN(CC)SN(C)c1ccncc1. The topological polar surface area (TPSA) is 28.6 Å². The van der Waals surface area contributed by atoms with E-state index < -0.39 is 0 Å². The Kier molecular flexibility index (Phi) is 12.4. The Morgan fingerprint density at radius 2 is 2.04 bits per heavy atom. The molecule has 27 heavy (non-hydrogen) atoms. The van der Waals surface area contributed by atoms with Gasteiger partial charge in [0.05, 0.1) is 12.3 Å². The van der Waals surface area contributed by atoms with Crippen LogP contribution < -0.4 is 4.31 Å². The predicted molar refractivity (Wildman–Crippen MR) is 120 cm³/mol. The van der Waals surface area contributed by atoms with Crippen LogP contribution in [0, 0.1) is 5.92 Å². The standard InChI is InChI=1S/C22H35N3OS/c1-6-9-11-22(10-7-2)26-19-15-20(4)14-18-25(8-3)27-24(5)21-12-16-23-17-13-21/h7,9-13,16-17,20H,2,6,8,14-15,18-19H2,1,3-5H3/b11-9-,22-10+. The van der Waals surface area contributed by atoms with Crippen LogP contribution in [0.15, 0.2) is 61.2 Å². The summed E-state index contributed by atoms with van der Waals surface area (Å²) in [6.45, 7) is 13.2. The Labute approximate surface area is 170 Å². The third kappa shape index (κ3) is 10.3. The number of hydrogen-bond acceptors (Lipinski definition) is 5. The zero-order chi connectivity index (χ0) is 19.9. The minimum atomic E-state index is 0.617. The maximum atomic E-state index is 5.88. The predicted octanol–water partition coefficient (Wildman–Crippen LogP) is 5.87. The molecule has 0 radical (unpaired) electrons. The van der Waals surface area contributed by atoms with E-state index in [-0.39, 0.29) is 0 Å². The van der Waals surface area contributed by atoms with Gasteiger partial charge in [0.2, 0.25) is 0 Å². The Balaban J connectivity index is 2.34. The molecule has 1 heterocycles. The molecule has 0 aliphatic carbocycles. The second kappa shape index (κ2) is 14.4. The van der Waals surface area contributed by atoms with Gasteiger partial charge in [-0.3, -0.25) is 4.98 Å². The van der Waals surface area contributed by atoms with Crippen molar-refractivity contribution in [3.05, 3.63) is 61.2 Å². The van der Waals surface area contributed by atoms with E-state index >= 15 is 0 Å². The van der Waals surface area contributed by atoms with E-state index in [4.69, 9.17) is 4.74 Å². The second-order valence-electron chi connectivity index (χ2n) is 6.45. The maximum absolute atomic E-state index is 5.88. The molecule has 0 amide bonds. The van der Waals surface area contributed by atoms with Gasteiger partial charge in [-0.1, -0.05) is 39.5 Å². The number of anilines is 1. The average molecular weight is 390 g/mol. The molecular formula is C22H35N3OS. The maximum Gasteiger partial charge on any atom is 0.118 e. The number of allylic oxidation sites excluding steroid dienone is 4. The molecule has 1 atom stereocenters. The molecule has 0 N–H and O–H groups in total. The first kappa shape index (κ1) is 23.3. The molecular weight excluding hydrogens is 354 g/mol. The van der Waals surface area contributed by atoms with E-state index in [9.17, 15) is 0 Å². The van der Waals surface area contributed by atoms with Crippen molar-refractivity contribution in [1.82, 2.24) is 9.29 Å². The highest BCUT2D eigenvalue weighted by molar-refractivity contribution is 7.98. The van der Waals surface area contributed by atoms with Crippen molar-refractivity contribution in [3.63, 3.8) is 0 Å². The molecule has 0 spiro atoms. The number of nitrogens with zero attached hydrogens (tertiary/aromatic N) is 3. The monoisotopic (exact) mass is 389 g/mol. The molecule has 0 saturated carbocycles. The molecule has 0 fully saturated rings. The molecule has 1 unspecified atom stereocenters. The Bertz CT molecular complexity index is 574. The minimum Gasteiger partial charge on any atom is -0.494 e. The molecule has 150 valence electrons. The molecule has 0 aliphatic heterocycles. The van der Waals surface area contributed by atoms with E-state index in [1.807, 2.05) is 36.7 Å². The van der Waals surface area contributed by atoms with E-state index in [1.54, 1.807) is 18.2 Å². The lowest BCUT2D eigenvalue weighted by Gasteiger charge is -2.27. The largest absolute Gasteiger partial charge is 0.494 e. The van der Waals surface area contributed by atoms with Crippen LogP contribution in [0.1, 0.15) is 40.0 Å². The molecule has 0 bridgehead atoms. The first-order chi connectivity index (χ1) is 13.1. The lowest BCUT2D eigenvalue weighted by molar-refractivity contribution is 0.199. The van der Waals surface area contributed by atoms with Crippen LogP contribution in [0.5, 0.6) is 0 Å². The fraction of sp³-hybridized carbons (Fsp3) is 0.500. The van der Waals surface area contributed by atoms with Crippen LogP contribution in [0.2, 0.25) is 0 Å². The zero-order valence-corrected chi connectivity index (χ0v) is 18.1. The van der Waals surface area contributed by atoms with Crippen molar-refractivity contribution in [2.45, 2.75) is 40.0 Å². The first-order valence-corrected chi connectivity index (χ1v) is 10.5. The smallest absolute Gasteiger partial charge is 0.118 e. The summed E-state index contributed by atoms with van der Waals surface area (Å²) in [4.78, 5) is 4.08. The number of pyridine rings is 1. The van der Waals surface area contributed by atoms with E-state index in [0.29, 0.717) is 5.92 Å². The van der Waals surface area contributed by atoms with Gasteiger partial charge in [0.25, 0.3) is 0 Å². The fourth-order valence-corrected chi connectivity index (χ4v) is 3.28. The van der Waals surface area contributed by atoms with Gasteiger partial charge in [0.1, 0.15) is 5.76 Å². The van der Waals surface area contributed by atoms with Crippen LogP contribution in [0.3, 0.4) is 0 Å². The lowest BCUT2D eigenvalue weighted by Crippen LogP contribution is -2.24. The molecule has 0 aliphatic rings. The third-order valence-corrected chi connectivity index (χ3v) is 5.30. The Morgan fingerprint density at radius 3 is 2.67 bits per heavy atom. The molecule has 0 aromatic carbocycles. The summed E-state index contributed by atoms with van der Waals surface area (Å²) in [6, 6.07) is 4.06. The quantitative estimate of drug-likeness (QED) is 0.225. The minimum absolute atomic E-state index is 0.617. The van der Waals surface area contributed by atoms with Gasteiger partial charge in [0, 0.05) is 44.7 Å². The van der Waals surface area contributed by atoms with Crippen LogP contribution in [-0.2, 0) is 4.74 Å². The number of hydrogen-bond donors (Lipinski definition) is 0. The summed E-state index contributed by atoms with van der Waals surface area (Å²) in [6.07, 6.45) is 14.7. The number of aromatic nitrogens is 1. The van der Waals surface area contributed by atoms with Crippen molar-refractivity contribution < 1.29 is 4.74 Å². The molecule has 4 nitrogen and oxygen atoms in total. The van der Waals surface area contributed by atoms with Crippen molar-refractivity contribution in [1.29, 1.82) is 0 Å². The van der Waals surface area contributed by atoms with Gasteiger partial charge < -0.3 is 9.04 Å². The highest BCUT2D eigenvalue weighted by Crippen LogP contribution is 2.23. The van der Waals surface area contributed by atoms with Crippen LogP contribution in [-0.4, -0.2) is 36.0 Å². The summed E-state index contributed by atoms with van der Waals surface area (Å²) in [7, 11) is 2.09. The molecule has 1 rings (SSSR count). The Morgan fingerprint density at radius 1 is 1.30 bits per heavy atom. The summed E-state index contributed by atoms with van der Waals surface area (Å²) in [5.41, 5.74) is 1.16. The fourth-order valence-electron chi connectivity index (χ4n) is 2.42. The average Bonchev–Trinajstić information content (AvgIpc) is 2.69. The zero-order valence-electron chi connectivity index (χ0n) is 17.3. The number of rotatable bonds is 14. The molecule has 5 heteroatoms. The van der Waals surface area contributed by atoms with Gasteiger partial charge in [-0.2, -0.15) is 0 Å². The van der Waals surface area contributed by atoms with Gasteiger partial charge in [0.15, 0.2) is 0 Å². The van der Waals surface area contributed by atoms with E-state index in [0.717, 1.165) is 50.4 Å². The van der Waals surface area contributed by atoms with Gasteiger partial charge in [-0.05, 0) is 49.5 Å². The van der Waals surface area contributed by atoms with Crippen molar-refractivity contribution >= 4 is 17.8 Å². The van der Waals surface area contributed by atoms with Gasteiger partial charge >= 0.3 is 0 Å². The van der Waals surface area contributed by atoms with Crippen molar-refractivity contribution in [2.75, 3.05) is 31.0 Å². The summed E-state index contributed by atoms with van der Waals surface area (Å²) >= 11 is 1.76.